The van der Waals surface area contributed by atoms with Crippen LogP contribution in [0.15, 0.2) is 83.5 Å². The molecule has 1 aliphatic heterocycles. The molecule has 1 atom stereocenters. The van der Waals surface area contributed by atoms with E-state index in [9.17, 15) is 17.6 Å². The van der Waals surface area contributed by atoms with Gasteiger partial charge in [-0.1, -0.05) is 46.3 Å². The Kier molecular flexibility index (Phi) is 5.08. The van der Waals surface area contributed by atoms with Gasteiger partial charge in [-0.25, -0.2) is 4.39 Å². The summed E-state index contributed by atoms with van der Waals surface area (Å²) in [5.41, 5.74) is 3.89. The second kappa shape index (κ2) is 7.55. The molecule has 0 saturated carbocycles. The monoisotopic (exact) mass is 462 g/mol. The van der Waals surface area contributed by atoms with Crippen molar-refractivity contribution in [3.8, 4) is 11.1 Å². The van der Waals surface area contributed by atoms with Gasteiger partial charge >= 0.3 is 6.18 Å². The molecule has 2 nitrogen and oxygen atoms in total. The molecule has 29 heavy (non-hydrogen) atoms. The van der Waals surface area contributed by atoms with Crippen LogP contribution in [0.25, 0.3) is 11.1 Å². The van der Waals surface area contributed by atoms with Gasteiger partial charge in [0.05, 0.1) is 17.3 Å². The van der Waals surface area contributed by atoms with E-state index in [2.05, 4.69) is 21.4 Å². The third-order valence-electron chi connectivity index (χ3n) is 4.73. The maximum Gasteiger partial charge on any atom is 0.416 e. The zero-order valence-electron chi connectivity index (χ0n) is 14.9. The lowest BCUT2D eigenvalue weighted by molar-refractivity contribution is -0.137. The lowest BCUT2D eigenvalue weighted by Gasteiger charge is -2.29. The van der Waals surface area contributed by atoms with Gasteiger partial charge in [-0.3, -0.25) is 5.01 Å². The first-order valence-corrected chi connectivity index (χ1v) is 9.57. The number of alkyl halides is 3. The second-order valence-corrected chi connectivity index (χ2v) is 7.48. The number of benzene rings is 3. The third kappa shape index (κ3) is 3.87. The van der Waals surface area contributed by atoms with Crippen LogP contribution in [0, 0.1) is 5.82 Å². The van der Waals surface area contributed by atoms with Crippen LogP contribution < -0.4 is 10.4 Å². The van der Waals surface area contributed by atoms with Gasteiger partial charge in [0.2, 0.25) is 0 Å². The van der Waals surface area contributed by atoms with Crippen LogP contribution in [-0.2, 0) is 6.18 Å². The topological polar surface area (TPSA) is 15.3 Å². The highest BCUT2D eigenvalue weighted by Crippen LogP contribution is 2.41. The number of halogens is 5. The highest BCUT2D eigenvalue weighted by molar-refractivity contribution is 9.10. The fourth-order valence-electron chi connectivity index (χ4n) is 3.34. The first-order valence-electron chi connectivity index (χ1n) is 8.78. The van der Waals surface area contributed by atoms with Crippen molar-refractivity contribution in [2.45, 2.75) is 12.2 Å². The van der Waals surface area contributed by atoms with Crippen molar-refractivity contribution in [1.29, 1.82) is 0 Å². The van der Waals surface area contributed by atoms with Crippen molar-refractivity contribution in [2.75, 3.05) is 5.01 Å². The van der Waals surface area contributed by atoms with E-state index in [4.69, 9.17) is 0 Å². The Balaban J connectivity index is 1.84. The first kappa shape index (κ1) is 19.5. The molecular weight excluding hydrogens is 448 g/mol. The summed E-state index contributed by atoms with van der Waals surface area (Å²) in [5, 5.41) is 1.73. The molecule has 4 rings (SSSR count). The Labute approximate surface area is 173 Å². The van der Waals surface area contributed by atoms with Crippen molar-refractivity contribution < 1.29 is 17.6 Å². The lowest BCUT2D eigenvalue weighted by Crippen LogP contribution is -2.33. The zero-order valence-corrected chi connectivity index (χ0v) is 16.5. The SMILES string of the molecule is Fc1ccccc1-c1cc(C(F)(F)F)ccc1N1NC=CC1c1ccc(Br)cc1. The molecule has 1 N–H and O–H groups in total. The maximum atomic E-state index is 14.5. The second-order valence-electron chi connectivity index (χ2n) is 6.56. The molecule has 1 unspecified atom stereocenters. The molecule has 0 radical (unpaired) electrons. The molecular formula is C22H15BrF4N2. The van der Waals surface area contributed by atoms with Gasteiger partial charge in [0.15, 0.2) is 0 Å². The van der Waals surface area contributed by atoms with E-state index in [-0.39, 0.29) is 17.2 Å². The van der Waals surface area contributed by atoms with Crippen LogP contribution in [0.4, 0.5) is 23.2 Å². The molecule has 0 spiro atoms. The average molecular weight is 463 g/mol. The summed E-state index contributed by atoms with van der Waals surface area (Å²) in [6, 6.07) is 16.6. The standard InChI is InChI=1S/C22H15BrF4N2/c23-16-8-5-14(6-9-16)20-11-12-28-29(20)21-10-7-15(22(25,26)27)13-18(21)17-3-1-2-4-19(17)24/h1-13,20,28H. The average Bonchev–Trinajstić information content (AvgIpc) is 3.17. The molecule has 0 saturated heterocycles. The molecule has 0 aromatic heterocycles. The zero-order chi connectivity index (χ0) is 20.6. The minimum Gasteiger partial charge on any atom is -0.305 e. The minimum atomic E-state index is -4.53. The van der Waals surface area contributed by atoms with E-state index >= 15 is 0 Å². The molecule has 1 heterocycles. The summed E-state index contributed by atoms with van der Waals surface area (Å²) in [6.45, 7) is 0. The summed E-state index contributed by atoms with van der Waals surface area (Å²) < 4.78 is 55.4. The lowest BCUT2D eigenvalue weighted by atomic mass is 9.98. The van der Waals surface area contributed by atoms with Crippen molar-refractivity contribution in [2.24, 2.45) is 0 Å². The number of rotatable bonds is 3. The Morgan fingerprint density at radius 1 is 0.897 bits per heavy atom. The Hall–Kier alpha value is -2.80. The fourth-order valence-corrected chi connectivity index (χ4v) is 3.60. The summed E-state index contributed by atoms with van der Waals surface area (Å²) in [6.07, 6.45) is -0.915. The van der Waals surface area contributed by atoms with Gasteiger partial charge < -0.3 is 5.43 Å². The van der Waals surface area contributed by atoms with Crippen LogP contribution in [0.3, 0.4) is 0 Å². The van der Waals surface area contributed by atoms with E-state index in [1.165, 1.54) is 24.3 Å². The molecule has 148 valence electrons. The predicted octanol–water partition coefficient (Wildman–Crippen LogP) is 6.85. The molecule has 3 aromatic carbocycles. The van der Waals surface area contributed by atoms with Gasteiger partial charge in [-0.2, -0.15) is 13.2 Å². The number of anilines is 1. The van der Waals surface area contributed by atoms with Crippen molar-refractivity contribution in [3.05, 3.63) is 100 Å². The van der Waals surface area contributed by atoms with Gasteiger partial charge in [-0.05, 0) is 48.0 Å². The van der Waals surface area contributed by atoms with Gasteiger partial charge in [0.1, 0.15) is 5.82 Å². The number of nitrogens with one attached hydrogen (secondary N) is 1. The molecule has 0 aliphatic carbocycles. The van der Waals surface area contributed by atoms with E-state index in [0.717, 1.165) is 22.2 Å². The van der Waals surface area contributed by atoms with E-state index in [1.807, 2.05) is 30.3 Å². The molecule has 3 aromatic rings. The van der Waals surface area contributed by atoms with Crippen LogP contribution in [0.1, 0.15) is 17.2 Å². The highest BCUT2D eigenvalue weighted by Gasteiger charge is 2.33. The van der Waals surface area contributed by atoms with Crippen molar-refractivity contribution >= 4 is 21.6 Å². The number of hydrazine groups is 1. The fraction of sp³-hybridized carbons (Fsp3) is 0.0909. The van der Waals surface area contributed by atoms with Crippen molar-refractivity contribution in [3.63, 3.8) is 0 Å². The van der Waals surface area contributed by atoms with Crippen LogP contribution >= 0.6 is 15.9 Å². The van der Waals surface area contributed by atoms with Crippen LogP contribution in [0.2, 0.25) is 0 Å². The molecule has 7 heteroatoms. The Bertz CT molecular complexity index is 1060. The van der Waals surface area contributed by atoms with E-state index in [1.54, 1.807) is 17.3 Å². The molecule has 0 fully saturated rings. The van der Waals surface area contributed by atoms with Gasteiger partial charge in [0.25, 0.3) is 0 Å². The normalized spacial score (nSPS) is 16.2. The smallest absolute Gasteiger partial charge is 0.305 e. The number of hydrogen-bond acceptors (Lipinski definition) is 2. The number of hydrogen-bond donors (Lipinski definition) is 1. The molecule has 1 aliphatic rings. The predicted molar refractivity (Wildman–Crippen MR) is 108 cm³/mol. The van der Waals surface area contributed by atoms with E-state index < -0.39 is 17.6 Å². The van der Waals surface area contributed by atoms with Crippen LogP contribution in [-0.4, -0.2) is 0 Å². The van der Waals surface area contributed by atoms with Gasteiger partial charge in [0, 0.05) is 21.8 Å². The summed E-state index contributed by atoms with van der Waals surface area (Å²) >= 11 is 3.40. The highest BCUT2D eigenvalue weighted by atomic mass is 79.9. The largest absolute Gasteiger partial charge is 0.416 e. The van der Waals surface area contributed by atoms with Crippen molar-refractivity contribution in [1.82, 2.24) is 5.43 Å². The number of nitrogens with zero attached hydrogens (tertiary/aromatic N) is 1. The summed E-state index contributed by atoms with van der Waals surface area (Å²) in [4.78, 5) is 0. The van der Waals surface area contributed by atoms with E-state index in [0.29, 0.717) is 5.69 Å². The quantitative estimate of drug-likeness (QED) is 0.428. The summed E-state index contributed by atoms with van der Waals surface area (Å²) in [7, 11) is 0. The first-order chi connectivity index (χ1) is 13.8. The Morgan fingerprint density at radius 2 is 1.62 bits per heavy atom. The summed E-state index contributed by atoms with van der Waals surface area (Å²) in [5.74, 6) is -0.583. The maximum absolute atomic E-state index is 14.5. The molecule has 0 bridgehead atoms. The van der Waals surface area contributed by atoms with Crippen LogP contribution in [0.5, 0.6) is 0 Å². The molecule has 0 amide bonds. The Morgan fingerprint density at radius 3 is 2.31 bits per heavy atom. The third-order valence-corrected chi connectivity index (χ3v) is 5.26. The minimum absolute atomic E-state index is 0.108. The van der Waals surface area contributed by atoms with Gasteiger partial charge in [-0.15, -0.1) is 0 Å².